The smallest absolute Gasteiger partial charge is 0.132 e. The SMILES string of the molecule is Cc1nc(N)cc(NC2CCC(C)(C)C2)n1. The molecule has 1 saturated carbocycles. The molecule has 0 amide bonds. The Morgan fingerprint density at radius 1 is 1.44 bits per heavy atom. The number of anilines is 2. The molecule has 4 nitrogen and oxygen atoms in total. The Balaban J connectivity index is 2.05. The molecule has 1 heterocycles. The summed E-state index contributed by atoms with van der Waals surface area (Å²) >= 11 is 0. The minimum Gasteiger partial charge on any atom is -0.384 e. The summed E-state index contributed by atoms with van der Waals surface area (Å²) in [6.07, 6.45) is 3.66. The van der Waals surface area contributed by atoms with E-state index in [0.717, 1.165) is 11.6 Å². The fourth-order valence-electron chi connectivity index (χ4n) is 2.43. The highest BCUT2D eigenvalue weighted by Gasteiger charge is 2.30. The highest BCUT2D eigenvalue weighted by Crippen LogP contribution is 2.38. The molecular weight excluding hydrogens is 200 g/mol. The molecule has 1 atom stereocenters. The number of hydrogen-bond donors (Lipinski definition) is 2. The van der Waals surface area contributed by atoms with E-state index in [4.69, 9.17) is 5.73 Å². The van der Waals surface area contributed by atoms with Crippen LogP contribution in [-0.4, -0.2) is 16.0 Å². The molecule has 1 aromatic rings. The standard InChI is InChI=1S/C12H20N4/c1-8-14-10(13)6-11(15-8)16-9-4-5-12(2,3)7-9/h6,9H,4-5,7H2,1-3H3,(H3,13,14,15,16). The van der Waals surface area contributed by atoms with Crippen LogP contribution in [0.3, 0.4) is 0 Å². The number of nitrogens with two attached hydrogens (primary N) is 1. The average molecular weight is 220 g/mol. The Bertz CT molecular complexity index is 366. The van der Waals surface area contributed by atoms with Crippen LogP contribution in [-0.2, 0) is 0 Å². The fraction of sp³-hybridized carbons (Fsp3) is 0.667. The lowest BCUT2D eigenvalue weighted by molar-refractivity contribution is 0.378. The summed E-state index contributed by atoms with van der Waals surface area (Å²) in [5, 5.41) is 3.45. The van der Waals surface area contributed by atoms with Gasteiger partial charge in [-0.3, -0.25) is 0 Å². The van der Waals surface area contributed by atoms with Crippen LogP contribution in [0.5, 0.6) is 0 Å². The van der Waals surface area contributed by atoms with E-state index < -0.39 is 0 Å². The highest BCUT2D eigenvalue weighted by atomic mass is 15.1. The van der Waals surface area contributed by atoms with E-state index in [1.54, 1.807) is 6.07 Å². The van der Waals surface area contributed by atoms with Crippen LogP contribution in [0.2, 0.25) is 0 Å². The van der Waals surface area contributed by atoms with E-state index in [1.807, 2.05) is 6.92 Å². The molecule has 2 rings (SSSR count). The minimum atomic E-state index is 0.450. The first kappa shape index (κ1) is 11.2. The van der Waals surface area contributed by atoms with Crippen molar-refractivity contribution in [3.05, 3.63) is 11.9 Å². The van der Waals surface area contributed by atoms with Crippen molar-refractivity contribution < 1.29 is 0 Å². The van der Waals surface area contributed by atoms with Gasteiger partial charge in [-0.05, 0) is 31.6 Å². The zero-order valence-corrected chi connectivity index (χ0v) is 10.2. The number of nitrogens with zero attached hydrogens (tertiary/aromatic N) is 2. The van der Waals surface area contributed by atoms with E-state index in [2.05, 4.69) is 29.1 Å². The van der Waals surface area contributed by atoms with Crippen molar-refractivity contribution in [3.8, 4) is 0 Å². The molecule has 0 aliphatic heterocycles. The van der Waals surface area contributed by atoms with E-state index in [9.17, 15) is 0 Å². The maximum Gasteiger partial charge on any atom is 0.132 e. The summed E-state index contributed by atoms with van der Waals surface area (Å²) < 4.78 is 0. The highest BCUT2D eigenvalue weighted by molar-refractivity contribution is 5.45. The van der Waals surface area contributed by atoms with Gasteiger partial charge in [-0.2, -0.15) is 0 Å². The summed E-state index contributed by atoms with van der Waals surface area (Å²) in [6, 6.07) is 2.32. The summed E-state index contributed by atoms with van der Waals surface area (Å²) in [6.45, 7) is 6.49. The van der Waals surface area contributed by atoms with Gasteiger partial charge in [0.25, 0.3) is 0 Å². The number of rotatable bonds is 2. The average Bonchev–Trinajstić information content (AvgIpc) is 2.43. The van der Waals surface area contributed by atoms with E-state index >= 15 is 0 Å². The van der Waals surface area contributed by atoms with Gasteiger partial charge in [-0.15, -0.1) is 0 Å². The molecule has 0 bridgehead atoms. The third kappa shape index (κ3) is 2.62. The molecule has 1 aliphatic rings. The third-order valence-electron chi connectivity index (χ3n) is 3.18. The van der Waals surface area contributed by atoms with Crippen LogP contribution < -0.4 is 11.1 Å². The molecule has 0 saturated heterocycles. The maximum atomic E-state index is 5.70. The lowest BCUT2D eigenvalue weighted by atomic mass is 9.92. The Labute approximate surface area is 96.7 Å². The molecule has 16 heavy (non-hydrogen) atoms. The zero-order chi connectivity index (χ0) is 11.8. The van der Waals surface area contributed by atoms with Gasteiger partial charge in [0.15, 0.2) is 0 Å². The zero-order valence-electron chi connectivity index (χ0n) is 10.2. The van der Waals surface area contributed by atoms with Gasteiger partial charge in [0, 0.05) is 12.1 Å². The Morgan fingerprint density at radius 3 is 2.75 bits per heavy atom. The molecular formula is C12H20N4. The van der Waals surface area contributed by atoms with Crippen molar-refractivity contribution in [1.82, 2.24) is 9.97 Å². The second kappa shape index (κ2) is 3.92. The van der Waals surface area contributed by atoms with Gasteiger partial charge in [0.2, 0.25) is 0 Å². The van der Waals surface area contributed by atoms with Gasteiger partial charge in [-0.1, -0.05) is 13.8 Å². The number of nitrogen functional groups attached to an aromatic ring is 1. The van der Waals surface area contributed by atoms with Crippen molar-refractivity contribution >= 4 is 11.6 Å². The van der Waals surface area contributed by atoms with Crippen LogP contribution in [0.25, 0.3) is 0 Å². The summed E-state index contributed by atoms with van der Waals surface area (Å²) in [4.78, 5) is 8.41. The van der Waals surface area contributed by atoms with Crippen LogP contribution in [0, 0.1) is 12.3 Å². The predicted molar refractivity (Wildman–Crippen MR) is 66.2 cm³/mol. The number of hydrogen-bond acceptors (Lipinski definition) is 4. The molecule has 0 aromatic carbocycles. The molecule has 4 heteroatoms. The molecule has 1 aliphatic carbocycles. The minimum absolute atomic E-state index is 0.450. The first-order chi connectivity index (χ1) is 7.44. The van der Waals surface area contributed by atoms with Crippen molar-refractivity contribution in [2.45, 2.75) is 46.1 Å². The van der Waals surface area contributed by atoms with Crippen LogP contribution in [0.15, 0.2) is 6.07 Å². The predicted octanol–water partition coefficient (Wildman–Crippen LogP) is 2.36. The van der Waals surface area contributed by atoms with Gasteiger partial charge in [-0.25, -0.2) is 9.97 Å². The molecule has 0 radical (unpaired) electrons. The van der Waals surface area contributed by atoms with Gasteiger partial charge >= 0.3 is 0 Å². The van der Waals surface area contributed by atoms with E-state index in [-0.39, 0.29) is 0 Å². The van der Waals surface area contributed by atoms with Crippen LogP contribution in [0.4, 0.5) is 11.6 Å². The van der Waals surface area contributed by atoms with Gasteiger partial charge < -0.3 is 11.1 Å². The van der Waals surface area contributed by atoms with Gasteiger partial charge in [0.1, 0.15) is 17.5 Å². The van der Waals surface area contributed by atoms with Crippen molar-refractivity contribution in [2.75, 3.05) is 11.1 Å². The number of nitrogens with one attached hydrogen (secondary N) is 1. The molecule has 1 unspecified atom stereocenters. The Morgan fingerprint density at radius 2 is 2.19 bits per heavy atom. The largest absolute Gasteiger partial charge is 0.384 e. The second-order valence-electron chi connectivity index (χ2n) is 5.47. The van der Waals surface area contributed by atoms with E-state index in [0.29, 0.717) is 17.3 Å². The summed E-state index contributed by atoms with van der Waals surface area (Å²) in [7, 11) is 0. The summed E-state index contributed by atoms with van der Waals surface area (Å²) in [5.74, 6) is 2.11. The molecule has 3 N–H and O–H groups in total. The second-order valence-corrected chi connectivity index (χ2v) is 5.47. The third-order valence-corrected chi connectivity index (χ3v) is 3.18. The number of aromatic nitrogens is 2. The van der Waals surface area contributed by atoms with Crippen molar-refractivity contribution in [1.29, 1.82) is 0 Å². The van der Waals surface area contributed by atoms with E-state index in [1.165, 1.54) is 19.3 Å². The normalized spacial score (nSPS) is 23.3. The quantitative estimate of drug-likeness (QED) is 0.803. The van der Waals surface area contributed by atoms with Crippen LogP contribution >= 0.6 is 0 Å². The lowest BCUT2D eigenvalue weighted by Crippen LogP contribution is -2.18. The number of aryl methyl sites for hydroxylation is 1. The topological polar surface area (TPSA) is 63.8 Å². The molecule has 0 spiro atoms. The van der Waals surface area contributed by atoms with Crippen LogP contribution in [0.1, 0.15) is 38.9 Å². The Kier molecular flexibility index (Phi) is 2.74. The summed E-state index contributed by atoms with van der Waals surface area (Å²) in [5.41, 5.74) is 6.15. The molecule has 1 aromatic heterocycles. The first-order valence-corrected chi connectivity index (χ1v) is 5.82. The molecule has 88 valence electrons. The maximum absolute atomic E-state index is 5.70. The first-order valence-electron chi connectivity index (χ1n) is 5.82. The van der Waals surface area contributed by atoms with Crippen molar-refractivity contribution in [2.24, 2.45) is 5.41 Å². The van der Waals surface area contributed by atoms with Crippen molar-refractivity contribution in [3.63, 3.8) is 0 Å². The van der Waals surface area contributed by atoms with Gasteiger partial charge in [0.05, 0.1) is 0 Å². The Hall–Kier alpha value is -1.32. The monoisotopic (exact) mass is 220 g/mol. The molecule has 1 fully saturated rings. The fourth-order valence-corrected chi connectivity index (χ4v) is 2.43. The lowest BCUT2D eigenvalue weighted by Gasteiger charge is -2.18.